The molecule has 0 saturated heterocycles. The second kappa shape index (κ2) is 5.38. The minimum atomic E-state index is -0.586. The van der Waals surface area contributed by atoms with Crippen LogP contribution in [-0.4, -0.2) is 16.1 Å². The summed E-state index contributed by atoms with van der Waals surface area (Å²) in [6, 6.07) is 8.72. The summed E-state index contributed by atoms with van der Waals surface area (Å²) in [5.74, 6) is -1.43. The highest BCUT2D eigenvalue weighted by Crippen LogP contribution is 2.30. The Bertz CT molecular complexity index is 644. The largest absolute Gasteiger partial charge is 0.504 e. The number of amides is 1. The van der Waals surface area contributed by atoms with E-state index in [1.54, 1.807) is 12.1 Å². The van der Waals surface area contributed by atoms with E-state index in [4.69, 9.17) is 23.2 Å². The van der Waals surface area contributed by atoms with Crippen molar-refractivity contribution in [1.82, 2.24) is 0 Å². The number of para-hydroxylation sites is 1. The van der Waals surface area contributed by atoms with Gasteiger partial charge in [-0.2, -0.15) is 0 Å². The predicted octanol–water partition coefficient (Wildman–Crippen LogP) is 3.66. The SMILES string of the molecule is O=C(Nc1ccc(Cl)cc1Cl)c1cccc(O)c1O. The first-order chi connectivity index (χ1) is 8.99. The van der Waals surface area contributed by atoms with E-state index in [0.29, 0.717) is 10.7 Å². The molecule has 0 radical (unpaired) electrons. The van der Waals surface area contributed by atoms with Crippen LogP contribution in [0.5, 0.6) is 11.5 Å². The highest BCUT2D eigenvalue weighted by molar-refractivity contribution is 6.36. The van der Waals surface area contributed by atoms with Crippen molar-refractivity contribution in [1.29, 1.82) is 0 Å². The minimum Gasteiger partial charge on any atom is -0.504 e. The van der Waals surface area contributed by atoms with Gasteiger partial charge in [-0.3, -0.25) is 4.79 Å². The van der Waals surface area contributed by atoms with E-state index in [1.165, 1.54) is 24.3 Å². The average molecular weight is 298 g/mol. The van der Waals surface area contributed by atoms with Crippen molar-refractivity contribution in [3.63, 3.8) is 0 Å². The fourth-order valence-corrected chi connectivity index (χ4v) is 1.95. The second-order valence-electron chi connectivity index (χ2n) is 3.75. The normalized spacial score (nSPS) is 10.2. The molecule has 1 amide bonds. The van der Waals surface area contributed by atoms with Crippen LogP contribution in [0.4, 0.5) is 5.69 Å². The van der Waals surface area contributed by atoms with Crippen LogP contribution >= 0.6 is 23.2 Å². The fraction of sp³-hybridized carbons (Fsp3) is 0. The van der Waals surface area contributed by atoms with E-state index in [0.717, 1.165) is 0 Å². The summed E-state index contributed by atoms with van der Waals surface area (Å²) in [6.07, 6.45) is 0. The van der Waals surface area contributed by atoms with Crippen LogP contribution in [0.3, 0.4) is 0 Å². The van der Waals surface area contributed by atoms with Gasteiger partial charge in [0.15, 0.2) is 11.5 Å². The number of carbonyl (C=O) groups is 1. The Kier molecular flexibility index (Phi) is 3.83. The number of phenols is 2. The molecule has 0 spiro atoms. The highest BCUT2D eigenvalue weighted by atomic mass is 35.5. The Morgan fingerprint density at radius 2 is 1.84 bits per heavy atom. The van der Waals surface area contributed by atoms with Crippen molar-refractivity contribution in [3.8, 4) is 11.5 Å². The molecule has 0 unspecified atom stereocenters. The lowest BCUT2D eigenvalue weighted by Gasteiger charge is -2.09. The zero-order chi connectivity index (χ0) is 14.0. The van der Waals surface area contributed by atoms with Gasteiger partial charge in [-0.1, -0.05) is 29.3 Å². The molecular weight excluding hydrogens is 289 g/mol. The lowest BCUT2D eigenvalue weighted by Crippen LogP contribution is -2.12. The predicted molar refractivity (Wildman–Crippen MR) is 74.2 cm³/mol. The number of carbonyl (C=O) groups excluding carboxylic acids is 1. The average Bonchev–Trinajstić information content (AvgIpc) is 2.36. The molecule has 0 fully saturated rings. The van der Waals surface area contributed by atoms with Crippen molar-refractivity contribution >= 4 is 34.8 Å². The van der Waals surface area contributed by atoms with Crippen molar-refractivity contribution in [2.75, 3.05) is 5.32 Å². The molecule has 0 aromatic heterocycles. The van der Waals surface area contributed by atoms with Crippen molar-refractivity contribution in [2.24, 2.45) is 0 Å². The van der Waals surface area contributed by atoms with Crippen molar-refractivity contribution in [2.45, 2.75) is 0 Å². The van der Waals surface area contributed by atoms with Crippen LogP contribution in [-0.2, 0) is 0 Å². The number of hydrogen-bond acceptors (Lipinski definition) is 3. The van der Waals surface area contributed by atoms with Gasteiger partial charge >= 0.3 is 0 Å². The molecule has 4 nitrogen and oxygen atoms in total. The maximum atomic E-state index is 12.0. The first-order valence-electron chi connectivity index (χ1n) is 5.26. The van der Waals surface area contributed by atoms with Crippen LogP contribution in [0.1, 0.15) is 10.4 Å². The fourth-order valence-electron chi connectivity index (χ4n) is 1.50. The summed E-state index contributed by atoms with van der Waals surface area (Å²) in [7, 11) is 0. The maximum Gasteiger partial charge on any atom is 0.259 e. The summed E-state index contributed by atoms with van der Waals surface area (Å²) in [4.78, 5) is 12.0. The van der Waals surface area contributed by atoms with Gasteiger partial charge in [-0.05, 0) is 30.3 Å². The van der Waals surface area contributed by atoms with Gasteiger partial charge in [0.2, 0.25) is 0 Å². The first kappa shape index (κ1) is 13.5. The van der Waals surface area contributed by atoms with E-state index in [2.05, 4.69) is 5.32 Å². The number of nitrogens with one attached hydrogen (secondary N) is 1. The van der Waals surface area contributed by atoms with Gasteiger partial charge in [-0.25, -0.2) is 0 Å². The third kappa shape index (κ3) is 2.92. The zero-order valence-electron chi connectivity index (χ0n) is 9.52. The third-order valence-corrected chi connectivity index (χ3v) is 2.99. The van der Waals surface area contributed by atoms with Gasteiger partial charge in [0.1, 0.15) is 0 Å². The maximum absolute atomic E-state index is 12.0. The molecule has 19 heavy (non-hydrogen) atoms. The molecule has 2 aromatic carbocycles. The molecular formula is C13H9Cl2NO3. The number of anilines is 1. The number of halogens is 2. The summed E-state index contributed by atoms with van der Waals surface area (Å²) < 4.78 is 0. The van der Waals surface area contributed by atoms with Crippen LogP contribution in [0, 0.1) is 0 Å². The summed E-state index contributed by atoms with van der Waals surface area (Å²) in [5, 5.41) is 22.2. The number of rotatable bonds is 2. The third-order valence-electron chi connectivity index (χ3n) is 2.44. The molecule has 0 aliphatic rings. The van der Waals surface area contributed by atoms with Crippen LogP contribution in [0.2, 0.25) is 10.0 Å². The van der Waals surface area contributed by atoms with E-state index in [1.807, 2.05) is 0 Å². The minimum absolute atomic E-state index is 0.0500. The van der Waals surface area contributed by atoms with Crippen LogP contribution < -0.4 is 5.32 Å². The molecule has 0 atom stereocenters. The van der Waals surface area contributed by atoms with Crippen LogP contribution in [0.25, 0.3) is 0 Å². The Balaban J connectivity index is 2.28. The summed E-state index contributed by atoms with van der Waals surface area (Å²) >= 11 is 11.7. The van der Waals surface area contributed by atoms with Crippen molar-refractivity contribution < 1.29 is 15.0 Å². The Labute approximate surface area is 119 Å². The first-order valence-corrected chi connectivity index (χ1v) is 6.02. The highest BCUT2D eigenvalue weighted by Gasteiger charge is 2.15. The molecule has 6 heteroatoms. The lowest BCUT2D eigenvalue weighted by molar-refractivity contribution is 0.102. The van der Waals surface area contributed by atoms with Gasteiger partial charge in [-0.15, -0.1) is 0 Å². The van der Waals surface area contributed by atoms with Gasteiger partial charge in [0, 0.05) is 5.02 Å². The van der Waals surface area contributed by atoms with E-state index < -0.39 is 11.7 Å². The quantitative estimate of drug-likeness (QED) is 0.741. The molecule has 0 heterocycles. The van der Waals surface area contributed by atoms with Crippen molar-refractivity contribution in [3.05, 3.63) is 52.0 Å². The molecule has 2 aromatic rings. The molecule has 0 aliphatic carbocycles. The van der Waals surface area contributed by atoms with E-state index in [9.17, 15) is 15.0 Å². The molecule has 2 rings (SSSR count). The molecule has 3 N–H and O–H groups in total. The lowest BCUT2D eigenvalue weighted by atomic mass is 10.1. The zero-order valence-corrected chi connectivity index (χ0v) is 11.0. The Morgan fingerprint density at radius 1 is 1.11 bits per heavy atom. The number of aromatic hydroxyl groups is 2. The smallest absolute Gasteiger partial charge is 0.259 e. The summed E-state index contributed by atoms with van der Waals surface area (Å²) in [5.41, 5.74) is 0.310. The van der Waals surface area contributed by atoms with Gasteiger partial charge < -0.3 is 15.5 Å². The van der Waals surface area contributed by atoms with E-state index >= 15 is 0 Å². The van der Waals surface area contributed by atoms with Gasteiger partial charge in [0.05, 0.1) is 16.3 Å². The number of phenolic OH excluding ortho intramolecular Hbond substituents is 2. The Hall–Kier alpha value is -1.91. The monoisotopic (exact) mass is 297 g/mol. The molecule has 0 bridgehead atoms. The number of benzene rings is 2. The molecule has 0 saturated carbocycles. The second-order valence-corrected chi connectivity index (χ2v) is 4.60. The van der Waals surface area contributed by atoms with Gasteiger partial charge in [0.25, 0.3) is 5.91 Å². The molecule has 0 aliphatic heterocycles. The molecule has 98 valence electrons. The number of hydrogen-bond donors (Lipinski definition) is 3. The topological polar surface area (TPSA) is 69.6 Å². The van der Waals surface area contributed by atoms with E-state index in [-0.39, 0.29) is 16.3 Å². The van der Waals surface area contributed by atoms with Crippen LogP contribution in [0.15, 0.2) is 36.4 Å². The standard InChI is InChI=1S/C13H9Cl2NO3/c14-7-4-5-10(9(15)6-7)16-13(19)8-2-1-3-11(17)12(8)18/h1-6,17-18H,(H,16,19). The Morgan fingerprint density at radius 3 is 2.53 bits per heavy atom. The summed E-state index contributed by atoms with van der Waals surface area (Å²) in [6.45, 7) is 0.